The Labute approximate surface area is 205 Å². The fourth-order valence-electron chi connectivity index (χ4n) is 2.31. The van der Waals surface area contributed by atoms with Crippen LogP contribution >= 0.6 is 0 Å². The van der Waals surface area contributed by atoms with Crippen LogP contribution in [-0.4, -0.2) is 139 Å². The predicted octanol–water partition coefficient (Wildman–Crippen LogP) is 0.521. The Balaban J connectivity index is 2.99. The molecule has 0 spiro atoms. The predicted molar refractivity (Wildman–Crippen MR) is 128 cm³/mol. The van der Waals surface area contributed by atoms with Crippen LogP contribution in [0.2, 0.25) is 0 Å². The van der Waals surface area contributed by atoms with E-state index < -0.39 is 0 Å². The highest BCUT2D eigenvalue weighted by Crippen LogP contribution is 1.86. The molecule has 0 atom stereocenters. The first-order valence-corrected chi connectivity index (χ1v) is 12.4. The summed E-state index contributed by atoms with van der Waals surface area (Å²) in [5, 5.41) is 0. The molecular formula is C23H49NO10. The average Bonchev–Trinajstić information content (AvgIpc) is 2.85. The van der Waals surface area contributed by atoms with Crippen LogP contribution in [0.4, 0.5) is 0 Å². The molecule has 0 aliphatic rings. The number of nitrogens with two attached hydrogens (primary N) is 1. The minimum atomic E-state index is 0.526. The van der Waals surface area contributed by atoms with Gasteiger partial charge in [0.15, 0.2) is 0 Å². The van der Waals surface area contributed by atoms with Gasteiger partial charge in [-0.05, 0) is 6.42 Å². The van der Waals surface area contributed by atoms with Gasteiger partial charge in [0.2, 0.25) is 0 Å². The maximum atomic E-state index is 5.44. The van der Waals surface area contributed by atoms with E-state index in [1.54, 1.807) is 0 Å². The number of hydrogen-bond donors (Lipinski definition) is 1. The van der Waals surface area contributed by atoms with Gasteiger partial charge in [0.25, 0.3) is 0 Å². The third kappa shape index (κ3) is 31.6. The summed E-state index contributed by atoms with van der Waals surface area (Å²) in [5.41, 5.74) is 5.32. The van der Waals surface area contributed by atoms with E-state index in [1.165, 1.54) is 0 Å². The maximum absolute atomic E-state index is 5.44. The summed E-state index contributed by atoms with van der Waals surface area (Å²) < 4.78 is 53.8. The molecule has 206 valence electrons. The smallest absolute Gasteiger partial charge is 0.0701 e. The lowest BCUT2D eigenvalue weighted by Crippen LogP contribution is -2.15. The van der Waals surface area contributed by atoms with Crippen LogP contribution in [0, 0.1) is 0 Å². The molecule has 11 heteroatoms. The van der Waals surface area contributed by atoms with Crippen molar-refractivity contribution >= 4 is 0 Å². The molecule has 0 bridgehead atoms. The second-order valence-corrected chi connectivity index (χ2v) is 6.91. The van der Waals surface area contributed by atoms with Crippen LogP contribution in [0.25, 0.3) is 0 Å². The molecule has 11 nitrogen and oxygen atoms in total. The van der Waals surface area contributed by atoms with E-state index in [0.717, 1.165) is 13.0 Å². The van der Waals surface area contributed by atoms with Crippen LogP contribution < -0.4 is 5.73 Å². The highest BCUT2D eigenvalue weighted by Gasteiger charge is 1.95. The zero-order chi connectivity index (χ0) is 24.6. The van der Waals surface area contributed by atoms with Crippen molar-refractivity contribution in [2.75, 3.05) is 139 Å². The first-order valence-electron chi connectivity index (χ1n) is 12.4. The molecule has 0 radical (unpaired) electrons. The largest absolute Gasteiger partial charge is 0.379 e. The minimum Gasteiger partial charge on any atom is -0.379 e. The normalized spacial score (nSPS) is 11.5. The molecular weight excluding hydrogens is 450 g/mol. The number of rotatable bonds is 31. The molecule has 0 aliphatic heterocycles. The van der Waals surface area contributed by atoms with Crippen molar-refractivity contribution in [3.05, 3.63) is 0 Å². The fraction of sp³-hybridized carbons (Fsp3) is 1.00. The van der Waals surface area contributed by atoms with Crippen LogP contribution in [0.15, 0.2) is 0 Å². The Morgan fingerprint density at radius 2 is 0.471 bits per heavy atom. The molecule has 0 aliphatic carbocycles. The molecule has 0 saturated carbocycles. The van der Waals surface area contributed by atoms with E-state index in [4.69, 9.17) is 53.1 Å². The van der Waals surface area contributed by atoms with E-state index in [-0.39, 0.29) is 0 Å². The van der Waals surface area contributed by atoms with Crippen LogP contribution in [-0.2, 0) is 47.4 Å². The molecule has 0 aromatic heterocycles. The lowest BCUT2D eigenvalue weighted by molar-refractivity contribution is -0.0263. The summed E-state index contributed by atoms with van der Waals surface area (Å²) in [4.78, 5) is 0. The second kappa shape index (κ2) is 32.6. The zero-order valence-electron chi connectivity index (χ0n) is 21.2. The van der Waals surface area contributed by atoms with Crippen molar-refractivity contribution in [2.24, 2.45) is 5.73 Å². The highest BCUT2D eigenvalue weighted by atomic mass is 16.6. The summed E-state index contributed by atoms with van der Waals surface area (Å²) in [6.07, 6.45) is 1.03. The zero-order valence-corrected chi connectivity index (χ0v) is 21.2. The second-order valence-electron chi connectivity index (χ2n) is 6.91. The molecule has 0 aromatic carbocycles. The summed E-state index contributed by atoms with van der Waals surface area (Å²) in [6, 6.07) is 0. The third-order valence-electron chi connectivity index (χ3n) is 3.96. The van der Waals surface area contributed by atoms with Gasteiger partial charge in [-0.15, -0.1) is 0 Å². The molecule has 0 unspecified atom stereocenters. The van der Waals surface area contributed by atoms with E-state index >= 15 is 0 Å². The van der Waals surface area contributed by atoms with E-state index in [1.807, 2.05) is 0 Å². The summed E-state index contributed by atoms with van der Waals surface area (Å²) >= 11 is 0. The topological polar surface area (TPSA) is 118 Å². The van der Waals surface area contributed by atoms with Crippen LogP contribution in [0.3, 0.4) is 0 Å². The Morgan fingerprint density at radius 3 is 0.647 bits per heavy atom. The van der Waals surface area contributed by atoms with Crippen molar-refractivity contribution in [2.45, 2.75) is 13.3 Å². The summed E-state index contributed by atoms with van der Waals surface area (Å²) in [5.74, 6) is 0. The van der Waals surface area contributed by atoms with Crippen LogP contribution in [0.1, 0.15) is 13.3 Å². The summed E-state index contributed by atoms with van der Waals surface area (Å²) in [7, 11) is 0. The molecule has 0 rings (SSSR count). The lowest BCUT2D eigenvalue weighted by Gasteiger charge is -2.09. The minimum absolute atomic E-state index is 0.526. The first kappa shape index (κ1) is 33.6. The Hall–Kier alpha value is -0.440. The summed E-state index contributed by atoms with van der Waals surface area (Å²) in [6.45, 7) is 13.8. The monoisotopic (exact) mass is 499 g/mol. The molecule has 0 fully saturated rings. The molecule has 0 amide bonds. The lowest BCUT2D eigenvalue weighted by atomic mass is 10.5. The number of hydrogen-bond acceptors (Lipinski definition) is 11. The van der Waals surface area contributed by atoms with Gasteiger partial charge in [0.05, 0.1) is 126 Å². The Bertz CT molecular complexity index is 324. The van der Waals surface area contributed by atoms with Gasteiger partial charge in [0.1, 0.15) is 0 Å². The number of ether oxygens (including phenoxy) is 10. The van der Waals surface area contributed by atoms with Crippen molar-refractivity contribution < 1.29 is 47.4 Å². The standard InChI is InChI=1S/C23H49NO10/c1-2-4-25-6-8-27-10-12-29-14-16-31-18-20-33-22-23-34-21-19-32-17-15-30-13-11-28-9-7-26-5-3-24/h2-24H2,1H3. The van der Waals surface area contributed by atoms with Crippen molar-refractivity contribution in [3.8, 4) is 0 Å². The molecule has 2 N–H and O–H groups in total. The van der Waals surface area contributed by atoms with Gasteiger partial charge in [-0.25, -0.2) is 0 Å². The van der Waals surface area contributed by atoms with Gasteiger partial charge in [-0.1, -0.05) is 6.92 Å². The molecule has 0 heterocycles. The van der Waals surface area contributed by atoms with Gasteiger partial charge >= 0.3 is 0 Å². The van der Waals surface area contributed by atoms with E-state index in [2.05, 4.69) is 6.92 Å². The molecule has 34 heavy (non-hydrogen) atoms. The van der Waals surface area contributed by atoms with E-state index in [9.17, 15) is 0 Å². The van der Waals surface area contributed by atoms with E-state index in [0.29, 0.717) is 132 Å². The highest BCUT2D eigenvalue weighted by molar-refractivity contribution is 4.38. The van der Waals surface area contributed by atoms with Crippen molar-refractivity contribution in [1.82, 2.24) is 0 Å². The Morgan fingerprint density at radius 1 is 0.294 bits per heavy atom. The van der Waals surface area contributed by atoms with Crippen LogP contribution in [0.5, 0.6) is 0 Å². The van der Waals surface area contributed by atoms with Gasteiger partial charge < -0.3 is 53.1 Å². The first-order chi connectivity index (χ1) is 16.9. The fourth-order valence-corrected chi connectivity index (χ4v) is 2.31. The van der Waals surface area contributed by atoms with Gasteiger partial charge in [0, 0.05) is 13.2 Å². The Kier molecular flexibility index (Phi) is 32.1. The van der Waals surface area contributed by atoms with Gasteiger partial charge in [-0.2, -0.15) is 0 Å². The third-order valence-corrected chi connectivity index (χ3v) is 3.96. The molecule has 0 aromatic rings. The maximum Gasteiger partial charge on any atom is 0.0701 e. The van der Waals surface area contributed by atoms with Gasteiger partial charge in [-0.3, -0.25) is 0 Å². The molecule has 0 saturated heterocycles. The SMILES string of the molecule is CCCOCCOCCOCCOCCOCCOCCOCCOCCOCCOCCN. The van der Waals surface area contributed by atoms with Crippen molar-refractivity contribution in [3.63, 3.8) is 0 Å². The quantitative estimate of drug-likeness (QED) is 0.135. The average molecular weight is 500 g/mol. The van der Waals surface area contributed by atoms with Crippen molar-refractivity contribution in [1.29, 1.82) is 0 Å².